The Labute approximate surface area is 99.6 Å². The third kappa shape index (κ3) is 2.84. The lowest BCUT2D eigenvalue weighted by Gasteiger charge is -2.10. The molecule has 0 aliphatic heterocycles. The Morgan fingerprint density at radius 3 is 2.71 bits per heavy atom. The Balaban J connectivity index is 2.16. The Morgan fingerprint density at radius 2 is 2.12 bits per heavy atom. The van der Waals surface area contributed by atoms with Crippen LogP contribution in [0.25, 0.3) is 0 Å². The molecule has 1 aliphatic carbocycles. The van der Waals surface area contributed by atoms with Crippen molar-refractivity contribution in [3.63, 3.8) is 0 Å². The molecular formula is C13H15NO3. The average molecular weight is 233 g/mol. The third-order valence-corrected chi connectivity index (χ3v) is 2.93. The van der Waals surface area contributed by atoms with Crippen LogP contribution >= 0.6 is 0 Å². The summed E-state index contributed by atoms with van der Waals surface area (Å²) < 4.78 is 0. The molecule has 4 nitrogen and oxygen atoms in total. The topological polar surface area (TPSA) is 66.4 Å². The molecule has 1 aromatic rings. The lowest BCUT2D eigenvalue weighted by molar-refractivity contribution is -0.116. The van der Waals surface area contributed by atoms with Crippen LogP contribution in [-0.2, 0) is 4.79 Å². The van der Waals surface area contributed by atoms with E-state index in [1.165, 1.54) is 0 Å². The number of nitrogens with one attached hydrogen (secondary N) is 1. The van der Waals surface area contributed by atoms with E-state index >= 15 is 0 Å². The average Bonchev–Trinajstić information content (AvgIpc) is 3.00. The molecule has 1 fully saturated rings. The Morgan fingerprint density at radius 1 is 1.41 bits per heavy atom. The smallest absolute Gasteiger partial charge is 0.338 e. The van der Waals surface area contributed by atoms with Gasteiger partial charge in [0, 0.05) is 6.42 Å². The maximum atomic E-state index is 11.6. The minimum absolute atomic E-state index is 0.0967. The number of amides is 1. The van der Waals surface area contributed by atoms with Gasteiger partial charge in [-0.15, -0.1) is 0 Å². The molecule has 1 aromatic carbocycles. The highest BCUT2D eigenvalue weighted by Crippen LogP contribution is 2.32. The summed E-state index contributed by atoms with van der Waals surface area (Å²) in [6.07, 6.45) is 2.70. The van der Waals surface area contributed by atoms with E-state index in [1.807, 2.05) is 0 Å². The number of carboxylic acid groups (broad SMARTS) is 1. The summed E-state index contributed by atoms with van der Waals surface area (Å²) in [5.74, 6) is -0.612. The van der Waals surface area contributed by atoms with Gasteiger partial charge >= 0.3 is 5.97 Å². The molecule has 1 aliphatic rings. The zero-order chi connectivity index (χ0) is 12.4. The van der Waals surface area contributed by atoms with Crippen LogP contribution in [0, 0.1) is 12.8 Å². The number of benzene rings is 1. The van der Waals surface area contributed by atoms with Crippen LogP contribution in [-0.4, -0.2) is 17.0 Å². The van der Waals surface area contributed by atoms with Crippen LogP contribution in [0.4, 0.5) is 5.69 Å². The Hall–Kier alpha value is -1.84. The maximum absolute atomic E-state index is 11.6. The lowest BCUT2D eigenvalue weighted by Crippen LogP contribution is -2.15. The van der Waals surface area contributed by atoms with E-state index in [2.05, 4.69) is 5.32 Å². The van der Waals surface area contributed by atoms with Crippen LogP contribution in [0.1, 0.15) is 35.2 Å². The van der Waals surface area contributed by atoms with Gasteiger partial charge in [0.1, 0.15) is 0 Å². The summed E-state index contributed by atoms with van der Waals surface area (Å²) in [6.45, 7) is 1.72. The van der Waals surface area contributed by atoms with Crippen molar-refractivity contribution < 1.29 is 14.7 Å². The lowest BCUT2D eigenvalue weighted by atomic mass is 10.1. The molecule has 2 N–H and O–H groups in total. The van der Waals surface area contributed by atoms with Crippen molar-refractivity contribution in [2.45, 2.75) is 26.2 Å². The summed E-state index contributed by atoms with van der Waals surface area (Å²) in [4.78, 5) is 22.8. The van der Waals surface area contributed by atoms with Crippen LogP contribution in [0.2, 0.25) is 0 Å². The van der Waals surface area contributed by atoms with Crippen molar-refractivity contribution >= 4 is 17.6 Å². The molecule has 1 amide bonds. The fourth-order valence-corrected chi connectivity index (χ4v) is 1.84. The van der Waals surface area contributed by atoms with Gasteiger partial charge in [-0.25, -0.2) is 4.79 Å². The predicted molar refractivity (Wildman–Crippen MR) is 64.1 cm³/mol. The highest BCUT2D eigenvalue weighted by atomic mass is 16.4. The second kappa shape index (κ2) is 4.57. The van der Waals surface area contributed by atoms with Gasteiger partial charge in [0.15, 0.2) is 0 Å². The summed E-state index contributed by atoms with van der Waals surface area (Å²) in [5, 5.41) is 11.8. The normalized spacial score (nSPS) is 14.4. The summed E-state index contributed by atoms with van der Waals surface area (Å²) in [7, 11) is 0. The third-order valence-electron chi connectivity index (χ3n) is 2.93. The molecule has 0 aromatic heterocycles. The Kier molecular flexibility index (Phi) is 3.13. The Bertz CT molecular complexity index is 464. The number of hydrogen-bond acceptors (Lipinski definition) is 2. The van der Waals surface area contributed by atoms with Gasteiger partial charge < -0.3 is 10.4 Å². The first-order chi connectivity index (χ1) is 8.08. The van der Waals surface area contributed by atoms with Crippen molar-refractivity contribution in [3.8, 4) is 0 Å². The van der Waals surface area contributed by atoms with E-state index in [1.54, 1.807) is 25.1 Å². The molecule has 0 radical (unpaired) electrons. The first-order valence-electron chi connectivity index (χ1n) is 5.70. The number of carboxylic acids is 1. The molecule has 0 atom stereocenters. The monoisotopic (exact) mass is 233 g/mol. The number of carbonyl (C=O) groups excluding carboxylic acids is 1. The minimum atomic E-state index is -1.01. The van der Waals surface area contributed by atoms with E-state index in [4.69, 9.17) is 5.11 Å². The fourth-order valence-electron chi connectivity index (χ4n) is 1.84. The molecule has 2 rings (SSSR count). The molecule has 0 unspecified atom stereocenters. The largest absolute Gasteiger partial charge is 0.478 e. The van der Waals surface area contributed by atoms with Crippen molar-refractivity contribution in [1.29, 1.82) is 0 Å². The molecule has 0 heterocycles. The molecule has 0 spiro atoms. The van der Waals surface area contributed by atoms with Crippen LogP contribution < -0.4 is 5.32 Å². The van der Waals surface area contributed by atoms with E-state index in [0.29, 0.717) is 23.6 Å². The molecule has 17 heavy (non-hydrogen) atoms. The van der Waals surface area contributed by atoms with E-state index < -0.39 is 5.97 Å². The van der Waals surface area contributed by atoms with Crippen LogP contribution in [0.3, 0.4) is 0 Å². The van der Waals surface area contributed by atoms with E-state index in [0.717, 1.165) is 12.8 Å². The number of anilines is 1. The molecule has 1 saturated carbocycles. The minimum Gasteiger partial charge on any atom is -0.478 e. The second-order valence-electron chi connectivity index (χ2n) is 4.50. The number of aromatic carboxylic acids is 1. The van der Waals surface area contributed by atoms with Gasteiger partial charge in [-0.3, -0.25) is 4.79 Å². The SMILES string of the molecule is Cc1cccc(NC(=O)CC2CC2)c1C(=O)O. The van der Waals surface area contributed by atoms with Gasteiger partial charge in [-0.2, -0.15) is 0 Å². The second-order valence-corrected chi connectivity index (χ2v) is 4.50. The van der Waals surface area contributed by atoms with E-state index in [-0.39, 0.29) is 11.5 Å². The quantitative estimate of drug-likeness (QED) is 0.839. The summed E-state index contributed by atoms with van der Waals surface area (Å²) in [5.41, 5.74) is 1.22. The zero-order valence-electron chi connectivity index (χ0n) is 9.69. The van der Waals surface area contributed by atoms with Gasteiger partial charge in [-0.05, 0) is 37.3 Å². The van der Waals surface area contributed by atoms with Gasteiger partial charge in [0.25, 0.3) is 0 Å². The highest BCUT2D eigenvalue weighted by Gasteiger charge is 2.25. The number of carbonyl (C=O) groups is 2. The van der Waals surface area contributed by atoms with Crippen molar-refractivity contribution in [2.24, 2.45) is 5.92 Å². The number of hydrogen-bond donors (Lipinski definition) is 2. The number of rotatable bonds is 4. The van der Waals surface area contributed by atoms with Gasteiger partial charge in [0.2, 0.25) is 5.91 Å². The first-order valence-corrected chi connectivity index (χ1v) is 5.70. The zero-order valence-corrected chi connectivity index (χ0v) is 9.69. The highest BCUT2D eigenvalue weighted by molar-refractivity contribution is 6.01. The fraction of sp³-hybridized carbons (Fsp3) is 0.385. The van der Waals surface area contributed by atoms with Crippen LogP contribution in [0.15, 0.2) is 18.2 Å². The molecule has 90 valence electrons. The van der Waals surface area contributed by atoms with Crippen molar-refractivity contribution in [3.05, 3.63) is 29.3 Å². The standard InChI is InChI=1S/C13H15NO3/c1-8-3-2-4-10(12(8)13(16)17)14-11(15)7-9-5-6-9/h2-4,9H,5-7H2,1H3,(H,14,15)(H,16,17). The van der Waals surface area contributed by atoms with Gasteiger partial charge in [0.05, 0.1) is 11.3 Å². The summed E-state index contributed by atoms with van der Waals surface area (Å²) >= 11 is 0. The first kappa shape index (κ1) is 11.6. The summed E-state index contributed by atoms with van der Waals surface area (Å²) in [6, 6.07) is 5.09. The number of aryl methyl sites for hydroxylation is 1. The predicted octanol–water partition coefficient (Wildman–Crippen LogP) is 2.43. The molecular weight excluding hydrogens is 218 g/mol. The van der Waals surface area contributed by atoms with E-state index in [9.17, 15) is 9.59 Å². The van der Waals surface area contributed by atoms with Crippen molar-refractivity contribution in [1.82, 2.24) is 0 Å². The van der Waals surface area contributed by atoms with Crippen LogP contribution in [0.5, 0.6) is 0 Å². The maximum Gasteiger partial charge on any atom is 0.338 e. The van der Waals surface area contributed by atoms with Crippen molar-refractivity contribution in [2.75, 3.05) is 5.32 Å². The molecule has 0 bridgehead atoms. The van der Waals surface area contributed by atoms with Gasteiger partial charge in [-0.1, -0.05) is 12.1 Å². The molecule has 4 heteroatoms. The molecule has 0 saturated heterocycles.